The van der Waals surface area contributed by atoms with E-state index in [1.807, 2.05) is 24.3 Å². The van der Waals surface area contributed by atoms with Gasteiger partial charge in [0.25, 0.3) is 0 Å². The molecule has 4 rings (SSSR count). The molecule has 5 nitrogen and oxygen atoms in total. The minimum absolute atomic E-state index is 0.134. The number of hydrogen-bond donors (Lipinski definition) is 1. The zero-order valence-corrected chi connectivity index (χ0v) is 12.3. The summed E-state index contributed by atoms with van der Waals surface area (Å²) in [6.07, 6.45) is 3.86. The van der Waals surface area contributed by atoms with Crippen LogP contribution in [0.25, 0.3) is 10.9 Å². The number of ether oxygens (including phenoxy) is 1. The molecular formula is C18H15N3O2. The molecule has 23 heavy (non-hydrogen) atoms. The lowest BCUT2D eigenvalue weighted by molar-refractivity contribution is 0.198. The number of nitrogens with one attached hydrogen (secondary N) is 1. The van der Waals surface area contributed by atoms with Crippen LogP contribution in [0.2, 0.25) is 0 Å². The van der Waals surface area contributed by atoms with Crippen molar-refractivity contribution in [2.24, 2.45) is 0 Å². The molecule has 1 aliphatic rings. The van der Waals surface area contributed by atoms with Gasteiger partial charge in [-0.15, -0.1) is 0 Å². The van der Waals surface area contributed by atoms with Gasteiger partial charge in [0.2, 0.25) is 5.88 Å². The number of nitrogens with zero attached hydrogens (tertiary/aromatic N) is 2. The molecule has 0 aliphatic heterocycles. The second kappa shape index (κ2) is 5.68. The monoisotopic (exact) mass is 305 g/mol. The van der Waals surface area contributed by atoms with E-state index in [2.05, 4.69) is 27.4 Å². The zero-order valence-electron chi connectivity index (χ0n) is 12.3. The molecule has 5 heteroatoms. The highest BCUT2D eigenvalue weighted by atomic mass is 16.6. The molecule has 0 unspecified atom stereocenters. The summed E-state index contributed by atoms with van der Waals surface area (Å²) < 4.78 is 5.28. The van der Waals surface area contributed by atoms with E-state index in [9.17, 15) is 4.79 Å². The standard InChI is InChI=1S/C18H15N3O2/c22-18(21-16-10-14(16)12-4-2-1-3-5-12)23-17-7-6-13-11-19-9-8-15(13)20-17/h1-9,11,14,16H,10H2,(H,21,22)/t14-,16+/m0/s1. The maximum atomic E-state index is 12.0. The topological polar surface area (TPSA) is 64.1 Å². The highest BCUT2D eigenvalue weighted by molar-refractivity contribution is 5.78. The first kappa shape index (κ1) is 13.7. The Labute approximate surface area is 133 Å². The van der Waals surface area contributed by atoms with E-state index in [1.165, 1.54) is 5.56 Å². The number of hydrogen-bond acceptors (Lipinski definition) is 4. The Morgan fingerprint density at radius 2 is 2.00 bits per heavy atom. The molecule has 1 fully saturated rings. The van der Waals surface area contributed by atoms with Crippen LogP contribution < -0.4 is 10.1 Å². The molecule has 2 aromatic heterocycles. The molecule has 2 heterocycles. The molecule has 1 aliphatic carbocycles. The number of benzene rings is 1. The van der Waals surface area contributed by atoms with Crippen molar-refractivity contribution in [3.8, 4) is 5.88 Å². The van der Waals surface area contributed by atoms with Gasteiger partial charge in [-0.1, -0.05) is 30.3 Å². The molecule has 1 amide bonds. The van der Waals surface area contributed by atoms with E-state index in [-0.39, 0.29) is 11.9 Å². The van der Waals surface area contributed by atoms with E-state index >= 15 is 0 Å². The molecule has 3 aromatic rings. The second-order valence-electron chi connectivity index (χ2n) is 5.61. The summed E-state index contributed by atoms with van der Waals surface area (Å²) in [7, 11) is 0. The van der Waals surface area contributed by atoms with Gasteiger partial charge < -0.3 is 10.1 Å². The SMILES string of the molecule is O=C(N[C@@H]1C[C@H]1c1ccccc1)Oc1ccc2cnccc2n1. The van der Waals surface area contributed by atoms with Crippen molar-refractivity contribution in [3.63, 3.8) is 0 Å². The van der Waals surface area contributed by atoms with Gasteiger partial charge in [0.15, 0.2) is 0 Å². The van der Waals surface area contributed by atoms with Crippen LogP contribution in [0, 0.1) is 0 Å². The van der Waals surface area contributed by atoms with Gasteiger partial charge in [-0.25, -0.2) is 9.78 Å². The van der Waals surface area contributed by atoms with Gasteiger partial charge in [0.1, 0.15) is 0 Å². The van der Waals surface area contributed by atoms with Crippen LogP contribution in [0.15, 0.2) is 60.9 Å². The molecule has 0 spiro atoms. The van der Waals surface area contributed by atoms with Crippen LogP contribution in [0.1, 0.15) is 17.9 Å². The van der Waals surface area contributed by atoms with Crippen LogP contribution in [0.3, 0.4) is 0 Å². The average molecular weight is 305 g/mol. The summed E-state index contributed by atoms with van der Waals surface area (Å²) in [5.74, 6) is 0.664. The van der Waals surface area contributed by atoms with Crippen LogP contribution in [0.4, 0.5) is 4.79 Å². The number of rotatable bonds is 3. The molecule has 1 saturated carbocycles. The summed E-state index contributed by atoms with van der Waals surface area (Å²) in [5.41, 5.74) is 1.99. The summed E-state index contributed by atoms with van der Waals surface area (Å²) in [4.78, 5) is 20.3. The molecular weight excluding hydrogens is 290 g/mol. The van der Waals surface area contributed by atoms with Gasteiger partial charge in [-0.05, 0) is 24.1 Å². The molecule has 114 valence electrons. The number of carbonyl (C=O) groups is 1. The number of pyridine rings is 2. The van der Waals surface area contributed by atoms with E-state index in [1.54, 1.807) is 24.5 Å². The Kier molecular flexibility index (Phi) is 3.38. The number of carbonyl (C=O) groups excluding carboxylic acids is 1. The molecule has 0 bridgehead atoms. The van der Waals surface area contributed by atoms with Crippen LogP contribution in [0.5, 0.6) is 5.88 Å². The van der Waals surface area contributed by atoms with Crippen molar-refractivity contribution in [3.05, 3.63) is 66.5 Å². The highest BCUT2D eigenvalue weighted by Gasteiger charge is 2.39. The Morgan fingerprint density at radius 3 is 2.87 bits per heavy atom. The minimum atomic E-state index is -0.464. The van der Waals surface area contributed by atoms with Gasteiger partial charge in [-0.2, -0.15) is 0 Å². The first-order chi connectivity index (χ1) is 11.3. The van der Waals surface area contributed by atoms with Crippen LogP contribution in [-0.4, -0.2) is 22.1 Å². The molecule has 1 aromatic carbocycles. The minimum Gasteiger partial charge on any atom is -0.391 e. The predicted octanol–water partition coefficient (Wildman–Crippen LogP) is 3.27. The number of aromatic nitrogens is 2. The maximum absolute atomic E-state index is 12.0. The fourth-order valence-corrected chi connectivity index (χ4v) is 2.70. The quantitative estimate of drug-likeness (QED) is 0.806. The lowest BCUT2D eigenvalue weighted by Crippen LogP contribution is -2.29. The normalized spacial score (nSPS) is 19.3. The van der Waals surface area contributed by atoms with E-state index < -0.39 is 6.09 Å². The lowest BCUT2D eigenvalue weighted by Gasteiger charge is -2.06. The van der Waals surface area contributed by atoms with Crippen molar-refractivity contribution < 1.29 is 9.53 Å². The highest BCUT2D eigenvalue weighted by Crippen LogP contribution is 2.40. The van der Waals surface area contributed by atoms with Gasteiger partial charge in [-0.3, -0.25) is 4.98 Å². The van der Waals surface area contributed by atoms with Crippen molar-refractivity contribution in [1.29, 1.82) is 0 Å². The summed E-state index contributed by atoms with van der Waals surface area (Å²) in [6, 6.07) is 15.6. The summed E-state index contributed by atoms with van der Waals surface area (Å²) in [5, 5.41) is 3.79. The van der Waals surface area contributed by atoms with E-state index in [4.69, 9.17) is 4.74 Å². The Bertz CT molecular complexity index is 851. The Morgan fingerprint density at radius 1 is 1.13 bits per heavy atom. The lowest BCUT2D eigenvalue weighted by atomic mass is 10.1. The number of fused-ring (bicyclic) bond motifs is 1. The van der Waals surface area contributed by atoms with Crippen LogP contribution in [-0.2, 0) is 0 Å². The predicted molar refractivity (Wildman–Crippen MR) is 86.3 cm³/mol. The third kappa shape index (κ3) is 2.99. The largest absolute Gasteiger partial charge is 0.414 e. The van der Waals surface area contributed by atoms with Gasteiger partial charge in [0.05, 0.1) is 5.52 Å². The fourth-order valence-electron chi connectivity index (χ4n) is 2.70. The van der Waals surface area contributed by atoms with E-state index in [0.29, 0.717) is 5.92 Å². The fraction of sp³-hybridized carbons (Fsp3) is 0.167. The van der Waals surface area contributed by atoms with Gasteiger partial charge in [0, 0.05) is 35.8 Å². The zero-order chi connectivity index (χ0) is 15.6. The van der Waals surface area contributed by atoms with Gasteiger partial charge >= 0.3 is 6.09 Å². The Hall–Kier alpha value is -2.95. The first-order valence-corrected chi connectivity index (χ1v) is 7.54. The average Bonchev–Trinajstić information content (AvgIpc) is 3.34. The van der Waals surface area contributed by atoms with Crippen molar-refractivity contribution >= 4 is 17.0 Å². The molecule has 2 atom stereocenters. The van der Waals surface area contributed by atoms with Crippen molar-refractivity contribution in [2.45, 2.75) is 18.4 Å². The third-order valence-corrected chi connectivity index (χ3v) is 3.98. The summed E-state index contributed by atoms with van der Waals surface area (Å²) in [6.45, 7) is 0. The molecule has 0 saturated heterocycles. The second-order valence-corrected chi connectivity index (χ2v) is 5.61. The van der Waals surface area contributed by atoms with Crippen molar-refractivity contribution in [1.82, 2.24) is 15.3 Å². The molecule has 1 N–H and O–H groups in total. The maximum Gasteiger partial charge on any atom is 0.414 e. The van der Waals surface area contributed by atoms with Crippen LogP contribution >= 0.6 is 0 Å². The number of amides is 1. The third-order valence-electron chi connectivity index (χ3n) is 3.98. The molecule has 0 radical (unpaired) electrons. The van der Waals surface area contributed by atoms with E-state index in [0.717, 1.165) is 17.3 Å². The van der Waals surface area contributed by atoms with Crippen molar-refractivity contribution in [2.75, 3.05) is 0 Å². The smallest absolute Gasteiger partial charge is 0.391 e. The summed E-state index contributed by atoms with van der Waals surface area (Å²) >= 11 is 0. The first-order valence-electron chi connectivity index (χ1n) is 7.54. The Balaban J connectivity index is 1.38.